The molecule has 1 unspecified atom stereocenters. The molecule has 524 valence electrons. The highest BCUT2D eigenvalue weighted by Crippen LogP contribution is 2.41. The summed E-state index contributed by atoms with van der Waals surface area (Å²) in [4.78, 5) is 67.4. The van der Waals surface area contributed by atoms with Crippen LogP contribution in [0.4, 0.5) is 5.82 Å². The number of nitrogens with one attached hydrogen (secondary N) is 1. The van der Waals surface area contributed by atoms with E-state index in [1.54, 1.807) is 66.1 Å². The lowest BCUT2D eigenvalue weighted by molar-refractivity contribution is -0.145. The summed E-state index contributed by atoms with van der Waals surface area (Å²) in [6.45, 7) is 4.71. The summed E-state index contributed by atoms with van der Waals surface area (Å²) in [7, 11) is -2.01. The van der Waals surface area contributed by atoms with Crippen LogP contribution in [0.5, 0.6) is 0 Å². The number of aliphatic carboxylic acids is 1. The number of nitrogen functional groups attached to an aromatic ring is 1. The van der Waals surface area contributed by atoms with Crippen LogP contribution in [0, 0.1) is 0 Å². The van der Waals surface area contributed by atoms with E-state index in [1.807, 2.05) is 177 Å². The van der Waals surface area contributed by atoms with E-state index in [-0.39, 0.29) is 29.3 Å². The second-order valence-electron chi connectivity index (χ2n) is 22.8. The second kappa shape index (κ2) is 35.0. The number of benzene rings is 8. The van der Waals surface area contributed by atoms with Gasteiger partial charge in [0.25, 0.3) is 5.91 Å². The highest BCUT2D eigenvalue weighted by Gasteiger charge is 2.32. The summed E-state index contributed by atoms with van der Waals surface area (Å²) in [5.74, 6) is -2.25. The lowest BCUT2D eigenvalue weighted by atomic mass is 9.90. The fourth-order valence-electron chi connectivity index (χ4n) is 11.2. The van der Waals surface area contributed by atoms with Gasteiger partial charge in [0.15, 0.2) is 5.82 Å². The Morgan fingerprint density at radius 3 is 1.47 bits per heavy atom. The molecule has 0 bridgehead atoms. The lowest BCUT2D eigenvalue weighted by Crippen LogP contribution is -2.23. The van der Waals surface area contributed by atoms with E-state index in [2.05, 4.69) is 43.4 Å². The van der Waals surface area contributed by atoms with Crippen LogP contribution in [0.25, 0.3) is 94.2 Å². The summed E-state index contributed by atoms with van der Waals surface area (Å²) in [6, 6.07) is 69.9. The number of ether oxygens (including phenoxy) is 2. The van der Waals surface area contributed by atoms with Crippen molar-refractivity contribution in [3.63, 3.8) is 0 Å². The molecule has 1 aliphatic heterocycles. The summed E-state index contributed by atoms with van der Waals surface area (Å²) >= 11 is 4.64. The number of hydrogen-bond donors (Lipinski definition) is 5. The number of carbonyl (C=O) groups excluding carboxylic acids is 5. The number of carboxylic acid groups (broad SMARTS) is 1. The first-order chi connectivity index (χ1) is 49.5. The topological polar surface area (TPSA) is 341 Å². The van der Waals surface area contributed by atoms with E-state index in [4.69, 9.17) is 51.1 Å². The smallest absolute Gasteiger partial charge is 0.394 e. The lowest BCUT2D eigenvalue weighted by Gasteiger charge is -2.20. The van der Waals surface area contributed by atoms with Crippen LogP contribution >= 0.6 is 11.6 Å². The number of furan rings is 4. The van der Waals surface area contributed by atoms with Gasteiger partial charge in [0, 0.05) is 57.2 Å². The van der Waals surface area contributed by atoms with Crippen molar-refractivity contribution in [2.45, 2.75) is 46.0 Å². The van der Waals surface area contributed by atoms with Crippen molar-refractivity contribution in [3.8, 4) is 44.8 Å². The number of carbonyl (C=O) groups is 6. The van der Waals surface area contributed by atoms with Gasteiger partial charge in [-0.25, -0.2) is 0 Å². The molecule has 0 saturated heterocycles. The molecule has 0 radical (unpaired) electrons. The number of H-pyrrole nitrogens is 1. The molecule has 6 N–H and O–H groups in total. The van der Waals surface area contributed by atoms with Gasteiger partial charge in [-0.2, -0.15) is 23.3 Å². The van der Waals surface area contributed by atoms with E-state index < -0.39 is 28.3 Å². The molecule has 1 aliphatic rings. The van der Waals surface area contributed by atoms with E-state index in [1.165, 1.54) is 28.1 Å². The molecule has 6 aromatic heterocycles. The molecule has 7 heterocycles. The molecule has 0 fully saturated rings. The Hall–Kier alpha value is -12.5. The molecule has 0 amide bonds. The number of halogens is 1. The summed E-state index contributed by atoms with van der Waals surface area (Å²) in [6.07, 6.45) is 7.48. The van der Waals surface area contributed by atoms with Crippen LogP contribution in [0.2, 0.25) is 0 Å². The average molecular weight is 1430 g/mol. The van der Waals surface area contributed by atoms with Crippen LogP contribution in [0.3, 0.4) is 0 Å². The quantitative estimate of drug-likeness (QED) is 0.0328. The summed E-state index contributed by atoms with van der Waals surface area (Å²) < 4.78 is 63.4. The van der Waals surface area contributed by atoms with Crippen LogP contribution in [0.15, 0.2) is 267 Å². The minimum absolute atomic E-state index is 0.0567. The Labute approximate surface area is 595 Å². The van der Waals surface area contributed by atoms with Gasteiger partial charge < -0.3 is 38.0 Å². The second-order valence-corrected chi connectivity index (χ2v) is 24.3. The molecule has 24 heteroatoms. The fourth-order valence-corrected chi connectivity index (χ4v) is 11.2. The van der Waals surface area contributed by atoms with Gasteiger partial charge in [-0.1, -0.05) is 151 Å². The summed E-state index contributed by atoms with van der Waals surface area (Å²) in [5.41, 5.74) is 23.1. The minimum Gasteiger partial charge on any atom is -0.481 e. The van der Waals surface area contributed by atoms with Crippen molar-refractivity contribution in [3.05, 3.63) is 277 Å². The number of esters is 2. The number of nitrogens with two attached hydrogens (primary N) is 1. The number of hydrogen-bond acceptors (Lipinski definition) is 17. The molecule has 0 saturated carbocycles. The molecule has 103 heavy (non-hydrogen) atoms. The first-order valence-corrected chi connectivity index (χ1v) is 33.3. The molecule has 22 nitrogen and oxygen atoms in total. The number of nitrogens with zero attached hydrogens (tertiary/aromatic N) is 3. The van der Waals surface area contributed by atoms with E-state index in [0.29, 0.717) is 29.8 Å². The Bertz CT molecular complexity index is 5410. The molecular weight excluding hydrogens is 1360 g/mol. The number of Topliss-reactive ketones (excluding diaryl/α,β-unsaturated/α-hetero) is 1. The molecular formula is C79H68ClN5O17S. The monoisotopic (exact) mass is 1430 g/mol. The average Bonchev–Trinajstić information content (AvgIpc) is 1.60. The van der Waals surface area contributed by atoms with Gasteiger partial charge in [0.2, 0.25) is 5.24 Å². The number of rotatable bonds is 12. The Balaban J connectivity index is 0.000000151. The van der Waals surface area contributed by atoms with E-state index in [9.17, 15) is 28.8 Å². The molecule has 0 aliphatic carbocycles. The van der Waals surface area contributed by atoms with Gasteiger partial charge >= 0.3 is 28.3 Å². The number of methoxy groups -OCH3 is 2. The predicted octanol–water partition coefficient (Wildman–Crippen LogP) is 16.6. The highest BCUT2D eigenvalue weighted by molar-refractivity contribution is 7.79. The number of ketones is 1. The number of fused-ring (bicyclic) bond motifs is 5. The van der Waals surface area contributed by atoms with Gasteiger partial charge in [-0.15, -0.1) is 0 Å². The Kier molecular flexibility index (Phi) is 25.4. The zero-order valence-corrected chi connectivity index (χ0v) is 57.6. The third kappa shape index (κ3) is 20.1. The normalized spacial score (nSPS) is 11.6. The third-order valence-electron chi connectivity index (χ3n) is 15.6. The van der Waals surface area contributed by atoms with Crippen molar-refractivity contribution in [1.29, 1.82) is 0 Å². The van der Waals surface area contributed by atoms with E-state index >= 15 is 0 Å². The molecule has 15 rings (SSSR count). The zero-order valence-electron chi connectivity index (χ0n) is 56.1. The van der Waals surface area contributed by atoms with Crippen molar-refractivity contribution in [1.82, 2.24) is 20.0 Å². The molecule has 0 spiro atoms. The molecule has 8 aromatic carbocycles. The van der Waals surface area contributed by atoms with Gasteiger partial charge in [-0.3, -0.25) is 43.0 Å². The first-order valence-electron chi connectivity index (χ1n) is 31.5. The number of aromatic nitrogens is 4. The highest BCUT2D eigenvalue weighted by atomic mass is 35.5. The van der Waals surface area contributed by atoms with Crippen LogP contribution in [0.1, 0.15) is 59.4 Å². The van der Waals surface area contributed by atoms with Crippen molar-refractivity contribution < 1.29 is 78.5 Å². The number of carboxylic acids is 1. The predicted molar refractivity (Wildman–Crippen MR) is 392 cm³/mol. The van der Waals surface area contributed by atoms with Gasteiger partial charge in [0.05, 0.1) is 69.1 Å². The number of allylic oxidation sites excluding steroid dienone is 2. The van der Waals surface area contributed by atoms with Crippen LogP contribution < -0.4 is 5.73 Å². The Morgan fingerprint density at radius 1 is 0.573 bits per heavy atom. The van der Waals surface area contributed by atoms with E-state index in [0.717, 1.165) is 117 Å². The maximum atomic E-state index is 13.7. The van der Waals surface area contributed by atoms with Gasteiger partial charge in [0.1, 0.15) is 39.7 Å². The van der Waals surface area contributed by atoms with Crippen molar-refractivity contribution in [2.75, 3.05) is 20.0 Å². The van der Waals surface area contributed by atoms with Crippen molar-refractivity contribution >= 4 is 112 Å². The number of anilines is 1. The zero-order chi connectivity index (χ0) is 73.7. The Morgan fingerprint density at radius 2 is 1.00 bits per heavy atom. The summed E-state index contributed by atoms with van der Waals surface area (Å²) in [5, 5.41) is 24.0. The minimum atomic E-state index is -4.67. The standard InChI is InChI=1S/C28H20N2O2.C15H13N3.C13H12O4.C11H10O3.C10H8O3.C2H3ClO.H2O4S/c1-18-16-23-26(19-8-4-2-5-9-19)27(20-10-6-3-7-11-20)29-30(23)28(31)25(18)22-12-13-24-21(17-22)14-15-32-24;16-15-13(11-7-3-1-4-8-11)14(17-18-15)12-9-5-2-6-10-12;1-8(14)12(13(15)16-2)10-3-4-11-9(7-10)5-6-17-11;1-13-11(12)7-8-2-3-10-9(6-8)4-5-14-10;11-10(12)6-7-1-2-9-8(5-7)3-4-13-9;1-2(3)4;1-5(2,3)4/h2-15,17H,16H2,1H3;1-10H,(H3,16,17,18);3-7,12H,1-2H3;2-6H,7H2,1H3;1-5H,6H2,(H,11,12);1H3;(H2,1,2,3,4). The van der Waals surface area contributed by atoms with Crippen molar-refractivity contribution in [2.24, 2.45) is 0 Å². The number of aromatic amines is 1. The van der Waals surface area contributed by atoms with Crippen LogP contribution in [-0.4, -0.2) is 91.7 Å². The largest absolute Gasteiger partial charge is 0.481 e. The maximum absolute atomic E-state index is 13.7. The van der Waals surface area contributed by atoms with Crippen LogP contribution in [-0.2, 0) is 63.1 Å². The van der Waals surface area contributed by atoms with Gasteiger partial charge in [-0.05, 0) is 132 Å². The molecule has 14 aromatic rings. The third-order valence-corrected chi connectivity index (χ3v) is 15.6. The maximum Gasteiger partial charge on any atom is 0.394 e. The first kappa shape index (κ1) is 74.7. The molecule has 1 atom stereocenters. The SMILES string of the molecule is CC(=O)Cl.CC1=C(c2ccc3occc3c2)C(=O)n2nc(-c3ccccc3)c(-c3ccccc3)c2C1.COC(=O)C(C(C)=O)c1ccc2occc2c1.COC(=O)Cc1ccc2occc2c1.Nc1n[nH]c(-c2ccccc2)c1-c1ccccc1.O=C(O)Cc1ccc2occc2c1.O=S(=O)(O)O. The fraction of sp³-hybridized carbons (Fsp3) is 0.114.